The van der Waals surface area contributed by atoms with Crippen LogP contribution in [-0.4, -0.2) is 17.9 Å². The van der Waals surface area contributed by atoms with Crippen LogP contribution in [-0.2, 0) is 4.79 Å². The fourth-order valence-electron chi connectivity index (χ4n) is 2.09. The second-order valence-corrected chi connectivity index (χ2v) is 3.67. The lowest BCUT2D eigenvalue weighted by molar-refractivity contribution is -0.129. The van der Waals surface area contributed by atoms with E-state index in [9.17, 15) is 4.79 Å². The Bertz CT molecular complexity index is 178. The molecule has 0 aromatic carbocycles. The van der Waals surface area contributed by atoms with E-state index < -0.39 is 0 Å². The number of Topliss-reactive ketones (excluding diaryl/α,β-unsaturated/α-hetero) is 1. The highest BCUT2D eigenvalue weighted by molar-refractivity contribution is 5.90. The van der Waals surface area contributed by atoms with Crippen molar-refractivity contribution in [2.24, 2.45) is 0 Å². The van der Waals surface area contributed by atoms with Gasteiger partial charge in [0.1, 0.15) is 0 Å². The normalized spacial score (nSPS) is 29.2. The lowest BCUT2D eigenvalue weighted by Crippen LogP contribution is -2.68. The number of hydrogen-bond acceptors (Lipinski definition) is 4. The second kappa shape index (κ2) is 3.12. The minimum atomic E-state index is -0.247. The Hall–Kier alpha value is -0.450. The number of hydrogen-bond donors (Lipinski definition) is 3. The van der Waals surface area contributed by atoms with Crippen molar-refractivity contribution in [2.45, 2.75) is 37.6 Å². The molecule has 3 N–H and O–H groups in total. The van der Waals surface area contributed by atoms with Gasteiger partial charge in [-0.15, -0.1) is 0 Å². The average Bonchev–Trinajstić information content (AvgIpc) is 2.12. The van der Waals surface area contributed by atoms with Gasteiger partial charge in [0.2, 0.25) is 0 Å². The zero-order chi connectivity index (χ0) is 8.44. The van der Waals surface area contributed by atoms with Crippen LogP contribution in [0.25, 0.3) is 0 Å². The molecule has 1 aliphatic heterocycles. The molecule has 1 spiro atoms. The van der Waals surface area contributed by atoms with Gasteiger partial charge in [-0.2, -0.15) is 5.53 Å². The third-order valence-electron chi connectivity index (χ3n) is 2.88. The minimum Gasteiger partial charge on any atom is -0.296 e. The van der Waals surface area contributed by atoms with Crippen LogP contribution < -0.4 is 16.4 Å². The molecule has 0 bridgehead atoms. The van der Waals surface area contributed by atoms with E-state index in [-0.39, 0.29) is 5.54 Å². The Labute approximate surface area is 72.0 Å². The number of carbonyl (C=O) groups excluding carboxylic acids is 1. The summed E-state index contributed by atoms with van der Waals surface area (Å²) in [5, 5.41) is 0. The molecule has 1 saturated heterocycles. The third-order valence-corrected chi connectivity index (χ3v) is 2.88. The lowest BCUT2D eigenvalue weighted by atomic mass is 9.79. The molecule has 0 atom stereocenters. The van der Waals surface area contributed by atoms with Crippen LogP contribution in [0.15, 0.2) is 0 Å². The van der Waals surface area contributed by atoms with Gasteiger partial charge in [-0.05, 0) is 12.8 Å². The summed E-state index contributed by atoms with van der Waals surface area (Å²) < 4.78 is 0. The first kappa shape index (κ1) is 8.16. The van der Waals surface area contributed by atoms with Gasteiger partial charge in [-0.25, -0.2) is 10.9 Å². The van der Waals surface area contributed by atoms with Crippen molar-refractivity contribution in [2.75, 3.05) is 6.54 Å². The molecule has 12 heavy (non-hydrogen) atoms. The van der Waals surface area contributed by atoms with E-state index in [1.807, 2.05) is 0 Å². The Morgan fingerprint density at radius 1 is 1.17 bits per heavy atom. The molecule has 2 aliphatic rings. The maximum Gasteiger partial charge on any atom is 0.169 e. The highest BCUT2D eigenvalue weighted by atomic mass is 16.1. The van der Waals surface area contributed by atoms with Gasteiger partial charge >= 0.3 is 0 Å². The van der Waals surface area contributed by atoms with Crippen LogP contribution in [0.1, 0.15) is 32.1 Å². The fraction of sp³-hybridized carbons (Fsp3) is 0.875. The summed E-state index contributed by atoms with van der Waals surface area (Å²) in [6.45, 7) is 0.451. The van der Waals surface area contributed by atoms with Gasteiger partial charge in [-0.3, -0.25) is 4.79 Å². The zero-order valence-corrected chi connectivity index (χ0v) is 7.15. The highest BCUT2D eigenvalue weighted by Crippen LogP contribution is 2.28. The van der Waals surface area contributed by atoms with Gasteiger partial charge < -0.3 is 0 Å². The number of carbonyl (C=O) groups is 1. The lowest BCUT2D eigenvalue weighted by Gasteiger charge is -2.39. The Morgan fingerprint density at radius 2 is 1.92 bits per heavy atom. The number of nitrogens with one attached hydrogen (secondary N) is 3. The highest BCUT2D eigenvalue weighted by Gasteiger charge is 2.40. The maximum absolute atomic E-state index is 11.6. The molecule has 0 unspecified atom stereocenters. The van der Waals surface area contributed by atoms with Crippen molar-refractivity contribution in [1.82, 2.24) is 16.4 Å². The van der Waals surface area contributed by atoms with Crippen LogP contribution in [0.5, 0.6) is 0 Å². The molecular weight excluding hydrogens is 154 g/mol. The zero-order valence-electron chi connectivity index (χ0n) is 7.15. The molecule has 4 nitrogen and oxygen atoms in total. The molecule has 2 rings (SSSR count). The van der Waals surface area contributed by atoms with E-state index in [1.54, 1.807) is 0 Å². The minimum absolute atomic E-state index is 0.247. The van der Waals surface area contributed by atoms with Crippen LogP contribution in [0.4, 0.5) is 0 Å². The Morgan fingerprint density at radius 3 is 2.58 bits per heavy atom. The quantitative estimate of drug-likeness (QED) is 0.473. The summed E-state index contributed by atoms with van der Waals surface area (Å²) in [4.78, 5) is 11.6. The third kappa shape index (κ3) is 1.26. The van der Waals surface area contributed by atoms with E-state index in [4.69, 9.17) is 0 Å². The van der Waals surface area contributed by atoms with Crippen molar-refractivity contribution >= 4 is 5.78 Å². The SMILES string of the molecule is O=C1CNNNC12CCCCC2. The molecule has 2 fully saturated rings. The molecule has 68 valence electrons. The van der Waals surface area contributed by atoms with Crippen molar-refractivity contribution in [3.63, 3.8) is 0 Å². The molecule has 0 aromatic rings. The standard InChI is InChI=1S/C8H15N3O/c12-7-6-9-11-10-8(7)4-2-1-3-5-8/h9-11H,1-6H2. The molecule has 0 radical (unpaired) electrons. The molecule has 0 aromatic heterocycles. The van der Waals surface area contributed by atoms with E-state index in [2.05, 4.69) is 16.4 Å². The Kier molecular flexibility index (Phi) is 2.12. The molecular formula is C8H15N3O. The summed E-state index contributed by atoms with van der Waals surface area (Å²) in [5.74, 6) is 0.306. The van der Waals surface area contributed by atoms with Crippen LogP contribution in [0.2, 0.25) is 0 Å². The van der Waals surface area contributed by atoms with Gasteiger partial charge in [-0.1, -0.05) is 19.3 Å². The van der Waals surface area contributed by atoms with Gasteiger partial charge in [0.05, 0.1) is 12.1 Å². The predicted octanol–water partition coefficient (Wildman–Crippen LogP) is -0.129. The molecule has 1 saturated carbocycles. The van der Waals surface area contributed by atoms with Crippen LogP contribution in [0, 0.1) is 0 Å². The Balaban J connectivity index is 2.09. The van der Waals surface area contributed by atoms with Crippen molar-refractivity contribution < 1.29 is 4.79 Å². The van der Waals surface area contributed by atoms with Gasteiger partial charge in [0, 0.05) is 0 Å². The first-order chi connectivity index (χ1) is 5.83. The van der Waals surface area contributed by atoms with Gasteiger partial charge in [0.25, 0.3) is 0 Å². The van der Waals surface area contributed by atoms with Gasteiger partial charge in [0.15, 0.2) is 5.78 Å². The van der Waals surface area contributed by atoms with E-state index >= 15 is 0 Å². The molecule has 4 heteroatoms. The summed E-state index contributed by atoms with van der Waals surface area (Å²) >= 11 is 0. The van der Waals surface area contributed by atoms with E-state index in [1.165, 1.54) is 19.3 Å². The molecule has 0 amide bonds. The fourth-order valence-corrected chi connectivity index (χ4v) is 2.09. The van der Waals surface area contributed by atoms with Crippen molar-refractivity contribution in [3.05, 3.63) is 0 Å². The molecule has 1 heterocycles. The largest absolute Gasteiger partial charge is 0.296 e. The van der Waals surface area contributed by atoms with Crippen molar-refractivity contribution in [3.8, 4) is 0 Å². The first-order valence-electron chi connectivity index (χ1n) is 4.62. The number of rotatable bonds is 0. The summed E-state index contributed by atoms with van der Waals surface area (Å²) in [6.07, 6.45) is 5.58. The van der Waals surface area contributed by atoms with E-state index in [0.29, 0.717) is 12.3 Å². The summed E-state index contributed by atoms with van der Waals surface area (Å²) in [7, 11) is 0. The summed E-state index contributed by atoms with van der Waals surface area (Å²) in [6, 6.07) is 0. The predicted molar refractivity (Wildman–Crippen MR) is 45.1 cm³/mol. The topological polar surface area (TPSA) is 53.2 Å². The smallest absolute Gasteiger partial charge is 0.169 e. The molecule has 1 aliphatic carbocycles. The second-order valence-electron chi connectivity index (χ2n) is 3.67. The maximum atomic E-state index is 11.6. The average molecular weight is 169 g/mol. The van der Waals surface area contributed by atoms with E-state index in [0.717, 1.165) is 12.8 Å². The van der Waals surface area contributed by atoms with Crippen LogP contribution >= 0.6 is 0 Å². The summed E-state index contributed by atoms with van der Waals surface area (Å²) in [5.41, 5.74) is 8.48. The van der Waals surface area contributed by atoms with Crippen molar-refractivity contribution in [1.29, 1.82) is 0 Å². The number of ketones is 1. The monoisotopic (exact) mass is 169 g/mol. The first-order valence-corrected chi connectivity index (χ1v) is 4.62. The number of hydrazine groups is 2. The van der Waals surface area contributed by atoms with Crippen LogP contribution in [0.3, 0.4) is 0 Å².